The topological polar surface area (TPSA) is 85.3 Å². The minimum Gasteiger partial charge on any atom is -0.586 e. The molecule has 1 atom stereocenters. The second-order valence-corrected chi connectivity index (χ2v) is 9.41. The second kappa shape index (κ2) is 9.64. The molecule has 0 radical (unpaired) electrons. The van der Waals surface area contributed by atoms with Crippen molar-refractivity contribution in [3.63, 3.8) is 0 Å². The number of aromatic nitrogens is 1. The first-order valence-electron chi connectivity index (χ1n) is 8.82. The Morgan fingerprint density at radius 2 is 1.89 bits per heavy atom. The predicted octanol–water partition coefficient (Wildman–Crippen LogP) is 3.45. The quantitative estimate of drug-likeness (QED) is 0.651. The average molecular weight is 413 g/mol. The summed E-state index contributed by atoms with van der Waals surface area (Å²) in [5, 5.41) is 8.94. The first-order chi connectivity index (χ1) is 12.7. The lowest BCUT2D eigenvalue weighted by molar-refractivity contribution is -0.118. The number of halogens is 1. The predicted molar refractivity (Wildman–Crippen MR) is 106 cm³/mol. The monoisotopic (exact) mass is 412 g/mol. The van der Waals surface area contributed by atoms with Crippen molar-refractivity contribution in [2.24, 2.45) is 0 Å². The normalized spacial score (nSPS) is 12.6. The Morgan fingerprint density at radius 3 is 2.41 bits per heavy atom. The molecule has 2 aromatic rings. The van der Waals surface area contributed by atoms with Crippen LogP contribution in [0.1, 0.15) is 61.1 Å². The maximum absolute atomic E-state index is 14.0. The van der Waals surface area contributed by atoms with Crippen LogP contribution in [0.15, 0.2) is 22.7 Å². The smallest absolute Gasteiger partial charge is 0.329 e. The minimum absolute atomic E-state index is 0.0127. The van der Waals surface area contributed by atoms with Crippen molar-refractivity contribution >= 4 is 28.6 Å². The first-order valence-corrected chi connectivity index (χ1v) is 10.8. The Kier molecular flexibility index (Phi) is 7.79. The van der Waals surface area contributed by atoms with Gasteiger partial charge in [-0.15, -0.1) is 0 Å². The van der Waals surface area contributed by atoms with Crippen molar-refractivity contribution in [2.45, 2.75) is 56.7 Å². The van der Waals surface area contributed by atoms with Crippen molar-refractivity contribution < 1.29 is 18.8 Å². The van der Waals surface area contributed by atoms with E-state index in [2.05, 4.69) is 9.71 Å². The van der Waals surface area contributed by atoms with E-state index in [0.29, 0.717) is 10.8 Å². The third kappa shape index (κ3) is 5.75. The minimum atomic E-state index is -1.76. The van der Waals surface area contributed by atoms with Gasteiger partial charge in [0.1, 0.15) is 17.2 Å². The highest BCUT2D eigenvalue weighted by atomic mass is 32.2. The van der Waals surface area contributed by atoms with Crippen molar-refractivity contribution in [3.8, 4) is 0 Å². The Balaban J connectivity index is 2.19. The molecule has 0 spiro atoms. The third-order valence-electron chi connectivity index (χ3n) is 4.12. The Morgan fingerprint density at radius 1 is 1.30 bits per heavy atom. The van der Waals surface area contributed by atoms with Crippen LogP contribution in [0, 0.1) is 5.82 Å². The molecule has 0 aliphatic rings. The fourth-order valence-corrected chi connectivity index (χ4v) is 4.75. The van der Waals surface area contributed by atoms with E-state index < -0.39 is 17.3 Å². The number of amides is 1. The van der Waals surface area contributed by atoms with E-state index >= 15 is 0 Å². The Labute approximate surface area is 166 Å². The van der Waals surface area contributed by atoms with Crippen molar-refractivity contribution in [2.75, 3.05) is 6.61 Å². The van der Waals surface area contributed by atoms with Gasteiger partial charge in [-0.25, -0.2) is 4.39 Å². The van der Waals surface area contributed by atoms with Gasteiger partial charge >= 0.3 is 4.34 Å². The number of hydrogen-bond donors (Lipinski definition) is 2. The van der Waals surface area contributed by atoms with Crippen LogP contribution in [0.2, 0.25) is 0 Å². The van der Waals surface area contributed by atoms with Gasteiger partial charge in [0.25, 0.3) is 5.91 Å². The van der Waals surface area contributed by atoms with E-state index in [0.717, 1.165) is 21.6 Å². The fraction of sp³-hybridized carbons (Fsp3) is 0.474. The van der Waals surface area contributed by atoms with Crippen LogP contribution in [0.4, 0.5) is 4.39 Å². The zero-order valence-corrected chi connectivity index (χ0v) is 17.5. The molecule has 0 bridgehead atoms. The van der Waals surface area contributed by atoms with Gasteiger partial charge in [-0.3, -0.25) is 4.79 Å². The number of carbonyl (C=O) groups excluding carboxylic acids is 1. The standard InChI is InChI=1S/C19H25FN2O3S2/c1-11(2)15-7-13(20)8-16(12(3)4)17(15)9-18(24)22-27(25)19-21-10-14(26-19)5-6-23/h7-8,10-12,23H,5-6,9H2,1-4H3,(H,22,24). The van der Waals surface area contributed by atoms with Crippen molar-refractivity contribution in [1.29, 1.82) is 0 Å². The number of thiazole rings is 1. The van der Waals surface area contributed by atoms with Crippen molar-refractivity contribution in [3.05, 3.63) is 45.7 Å². The molecular weight excluding hydrogens is 387 g/mol. The zero-order chi connectivity index (χ0) is 20.1. The summed E-state index contributed by atoms with van der Waals surface area (Å²) in [6.45, 7) is 7.81. The zero-order valence-electron chi connectivity index (χ0n) is 15.9. The lowest BCUT2D eigenvalue weighted by Crippen LogP contribution is -2.32. The largest absolute Gasteiger partial charge is 0.586 e. The molecule has 1 amide bonds. The molecule has 0 aliphatic carbocycles. The molecule has 1 aromatic heterocycles. The summed E-state index contributed by atoms with van der Waals surface area (Å²) < 4.78 is 29.1. The van der Waals surface area contributed by atoms with Crippen LogP contribution in [0.25, 0.3) is 0 Å². The summed E-state index contributed by atoms with van der Waals surface area (Å²) in [5.41, 5.74) is 2.37. The van der Waals surface area contributed by atoms with E-state index in [4.69, 9.17) is 5.11 Å². The third-order valence-corrected chi connectivity index (χ3v) is 6.51. The number of nitrogens with one attached hydrogen (secondary N) is 1. The Bertz CT molecular complexity index is 764. The van der Waals surface area contributed by atoms with Crippen LogP contribution in [-0.4, -0.2) is 27.2 Å². The molecule has 148 valence electrons. The fourth-order valence-electron chi connectivity index (χ4n) is 2.86. The summed E-state index contributed by atoms with van der Waals surface area (Å²) >= 11 is -0.560. The van der Waals surface area contributed by atoms with Crippen LogP contribution >= 0.6 is 11.3 Å². The molecule has 5 nitrogen and oxygen atoms in total. The molecule has 0 saturated carbocycles. The average Bonchev–Trinajstić information content (AvgIpc) is 3.04. The lowest BCUT2D eigenvalue weighted by atomic mass is 9.87. The number of benzene rings is 1. The van der Waals surface area contributed by atoms with E-state index in [1.807, 2.05) is 27.7 Å². The van der Waals surface area contributed by atoms with E-state index in [-0.39, 0.29) is 30.7 Å². The number of hydrogen-bond acceptors (Lipinski definition) is 5. The summed E-state index contributed by atoms with van der Waals surface area (Å²) in [4.78, 5) is 17.3. The highest BCUT2D eigenvalue weighted by Crippen LogP contribution is 2.29. The molecule has 27 heavy (non-hydrogen) atoms. The van der Waals surface area contributed by atoms with Gasteiger partial charge in [0.05, 0.1) is 6.42 Å². The molecule has 0 saturated heterocycles. The number of carbonyl (C=O) groups is 1. The number of aliphatic hydroxyl groups excluding tert-OH is 1. The van der Waals surface area contributed by atoms with Gasteiger partial charge in [0.2, 0.25) is 0 Å². The molecule has 2 N–H and O–H groups in total. The first kappa shape index (κ1) is 21.8. The van der Waals surface area contributed by atoms with Gasteiger partial charge in [0, 0.05) is 24.1 Å². The number of aliphatic hydroxyl groups is 1. The second-order valence-electron chi connectivity index (χ2n) is 6.91. The van der Waals surface area contributed by atoms with E-state index in [1.54, 1.807) is 6.20 Å². The van der Waals surface area contributed by atoms with Gasteiger partial charge in [0.15, 0.2) is 0 Å². The molecule has 8 heteroatoms. The summed E-state index contributed by atoms with van der Waals surface area (Å²) in [6.07, 6.45) is 2.02. The summed E-state index contributed by atoms with van der Waals surface area (Å²) in [7, 11) is 0. The molecular formula is C19H25FN2O3S2. The van der Waals surface area contributed by atoms with Gasteiger partial charge in [-0.05, 0) is 40.7 Å². The number of nitrogens with zero attached hydrogens (tertiary/aromatic N) is 1. The summed E-state index contributed by atoms with van der Waals surface area (Å²) in [6, 6.07) is 2.94. The highest BCUT2D eigenvalue weighted by molar-refractivity contribution is 7.92. The maximum atomic E-state index is 14.0. The number of rotatable bonds is 8. The molecule has 1 unspecified atom stereocenters. The van der Waals surface area contributed by atoms with Gasteiger partial charge in [-0.2, -0.15) is 9.71 Å². The molecule has 1 heterocycles. The van der Waals surface area contributed by atoms with E-state index in [1.165, 1.54) is 23.5 Å². The van der Waals surface area contributed by atoms with Crippen molar-refractivity contribution in [1.82, 2.24) is 9.71 Å². The summed E-state index contributed by atoms with van der Waals surface area (Å²) in [5.74, 6) is -0.588. The lowest BCUT2D eigenvalue weighted by Gasteiger charge is -2.19. The molecule has 1 aromatic carbocycles. The van der Waals surface area contributed by atoms with Crippen LogP contribution in [0.3, 0.4) is 0 Å². The van der Waals surface area contributed by atoms with E-state index in [9.17, 15) is 13.7 Å². The molecule has 0 fully saturated rings. The van der Waals surface area contributed by atoms with Crippen LogP contribution in [-0.2, 0) is 29.0 Å². The van der Waals surface area contributed by atoms with Gasteiger partial charge < -0.3 is 9.66 Å². The van der Waals surface area contributed by atoms with Crippen LogP contribution in [0.5, 0.6) is 0 Å². The molecule has 0 aliphatic heterocycles. The molecule has 2 rings (SSSR count). The maximum Gasteiger partial charge on any atom is 0.329 e. The SMILES string of the molecule is CC(C)c1cc(F)cc(C(C)C)c1CC(=O)N[S+]([O-])c1ncc(CCO)s1. The Hall–Kier alpha value is -1.48. The van der Waals surface area contributed by atoms with Gasteiger partial charge in [-0.1, -0.05) is 39.0 Å². The van der Waals surface area contributed by atoms with Crippen LogP contribution < -0.4 is 4.72 Å². The highest BCUT2D eigenvalue weighted by Gasteiger charge is 2.23.